The van der Waals surface area contributed by atoms with Crippen LogP contribution in [0.2, 0.25) is 5.02 Å². The highest BCUT2D eigenvalue weighted by Gasteiger charge is 2.26. The van der Waals surface area contributed by atoms with Crippen LogP contribution < -0.4 is 0 Å². The van der Waals surface area contributed by atoms with Gasteiger partial charge in [-0.25, -0.2) is 0 Å². The topological polar surface area (TPSA) is 0 Å². The van der Waals surface area contributed by atoms with Crippen molar-refractivity contribution in [2.75, 3.05) is 0 Å². The highest BCUT2D eigenvalue weighted by atomic mass is 35.5. The zero-order chi connectivity index (χ0) is 39.8. The Kier molecular flexibility index (Phi) is 25.2. The second-order valence-electron chi connectivity index (χ2n) is 19.5. The molecule has 2 rings (SSSR count). The third kappa shape index (κ3) is 21.0. The first-order valence-corrected chi connectivity index (χ1v) is 24.6. The number of thioether (sulfide) groups is 1. The van der Waals surface area contributed by atoms with Crippen molar-refractivity contribution >= 4 is 23.4 Å². The molecule has 0 heterocycles. The van der Waals surface area contributed by atoms with Crippen LogP contribution in [0.1, 0.15) is 233 Å². The van der Waals surface area contributed by atoms with Crippen LogP contribution >= 0.6 is 23.4 Å². The molecule has 0 aliphatic heterocycles. The number of hydrogen-bond acceptors (Lipinski definition) is 1. The van der Waals surface area contributed by atoms with E-state index in [1.165, 1.54) is 170 Å². The molecule has 0 nitrogen and oxygen atoms in total. The summed E-state index contributed by atoms with van der Waals surface area (Å²) in [5, 5.41) is 2.59. The summed E-state index contributed by atoms with van der Waals surface area (Å²) >= 11 is 9.13. The van der Waals surface area contributed by atoms with E-state index in [4.69, 9.17) is 11.6 Å². The van der Waals surface area contributed by atoms with Crippen molar-refractivity contribution in [3.8, 4) is 0 Å². The van der Waals surface area contributed by atoms with Crippen LogP contribution in [0.3, 0.4) is 0 Å². The molecule has 4 atom stereocenters. The molecule has 0 amide bonds. The van der Waals surface area contributed by atoms with Gasteiger partial charge in [0.2, 0.25) is 0 Å². The molecule has 54 heavy (non-hydrogen) atoms. The van der Waals surface area contributed by atoms with Crippen molar-refractivity contribution in [1.29, 1.82) is 0 Å². The van der Waals surface area contributed by atoms with Crippen LogP contribution in [0.5, 0.6) is 0 Å². The summed E-state index contributed by atoms with van der Waals surface area (Å²) in [6.45, 7) is 23.6. The molecule has 0 bridgehead atoms. The molecule has 0 N–H and O–H groups in total. The fourth-order valence-corrected chi connectivity index (χ4v) is 10.6. The molecule has 0 aliphatic rings. The van der Waals surface area contributed by atoms with Gasteiger partial charge in [-0.3, -0.25) is 0 Å². The maximum atomic E-state index is 6.68. The van der Waals surface area contributed by atoms with E-state index in [0.29, 0.717) is 0 Å². The summed E-state index contributed by atoms with van der Waals surface area (Å²) < 4.78 is 0. The van der Waals surface area contributed by atoms with E-state index in [1.807, 2.05) is 0 Å². The Hall–Kier alpha value is -0.920. The second-order valence-corrected chi connectivity index (χ2v) is 21.4. The molecule has 0 saturated carbocycles. The molecular formula is C52H89ClS. The lowest BCUT2D eigenvalue weighted by Crippen LogP contribution is -2.23. The first-order valence-electron chi connectivity index (χ1n) is 23.3. The fourth-order valence-electron chi connectivity index (χ4n) is 8.26. The highest BCUT2D eigenvalue weighted by molar-refractivity contribution is 8.00. The second kappa shape index (κ2) is 27.7. The quantitative estimate of drug-likeness (QED) is 0.0712. The Morgan fingerprint density at radius 2 is 0.889 bits per heavy atom. The predicted octanol–water partition coefficient (Wildman–Crippen LogP) is 18.1. The SMILES string of the molecule is CCCCCCC(C)C(CCCCCCCc1ccc(C(C)(C)C)cc1)SC(CCCCCCCc1ccc(C(C)(C)C)c(Cl)c1)C(C)CCCCCC. The highest BCUT2D eigenvalue weighted by Crippen LogP contribution is 2.38. The Bertz CT molecular complexity index is 1200. The van der Waals surface area contributed by atoms with Crippen LogP contribution in [-0.2, 0) is 23.7 Å². The van der Waals surface area contributed by atoms with E-state index in [2.05, 4.69) is 123 Å². The average molecular weight is 782 g/mol. The summed E-state index contributed by atoms with van der Waals surface area (Å²) in [6, 6.07) is 16.2. The summed E-state index contributed by atoms with van der Waals surface area (Å²) in [5.41, 5.74) is 5.97. The molecule has 0 spiro atoms. The number of unbranched alkanes of at least 4 members (excludes halogenated alkanes) is 14. The van der Waals surface area contributed by atoms with Gasteiger partial charge in [0.1, 0.15) is 0 Å². The largest absolute Gasteiger partial charge is 0.155 e. The third-order valence-electron chi connectivity index (χ3n) is 12.2. The zero-order valence-electron chi connectivity index (χ0n) is 37.6. The van der Waals surface area contributed by atoms with Gasteiger partial charge in [0.05, 0.1) is 0 Å². The van der Waals surface area contributed by atoms with E-state index >= 15 is 0 Å². The minimum atomic E-state index is 0.103. The molecule has 0 fully saturated rings. The maximum Gasteiger partial charge on any atom is 0.0446 e. The van der Waals surface area contributed by atoms with E-state index in [9.17, 15) is 0 Å². The van der Waals surface area contributed by atoms with Crippen molar-refractivity contribution in [1.82, 2.24) is 0 Å². The van der Waals surface area contributed by atoms with E-state index in [1.54, 1.807) is 0 Å². The lowest BCUT2D eigenvalue weighted by atomic mass is 9.86. The first kappa shape index (κ1) is 49.2. The van der Waals surface area contributed by atoms with Crippen LogP contribution in [0, 0.1) is 11.8 Å². The fraction of sp³-hybridized carbons (Fsp3) is 0.769. The zero-order valence-corrected chi connectivity index (χ0v) is 39.2. The Labute approximate surface area is 348 Å². The number of halogens is 1. The maximum absolute atomic E-state index is 6.68. The first-order chi connectivity index (χ1) is 25.8. The number of benzene rings is 2. The van der Waals surface area contributed by atoms with Crippen molar-refractivity contribution in [3.05, 3.63) is 69.7 Å². The molecule has 2 heteroatoms. The number of hydrogen-bond donors (Lipinski definition) is 0. The standard InChI is InChI=1S/C52H89ClS/c1-11-13-15-23-29-42(3)49(33-27-21-17-19-25-31-44-35-38-46(39-36-44)51(5,6)7)54-50(43(4)30-24-16-14-12-2)34-28-22-18-20-26-32-45-37-40-47(48(53)41-45)52(8,9)10/h35-43,49-50H,11-34H2,1-10H3. The lowest BCUT2D eigenvalue weighted by molar-refractivity contribution is 0.425. The predicted molar refractivity (Wildman–Crippen MR) is 249 cm³/mol. The van der Waals surface area contributed by atoms with E-state index < -0.39 is 0 Å². The van der Waals surface area contributed by atoms with Gasteiger partial charge in [0.25, 0.3) is 0 Å². The van der Waals surface area contributed by atoms with Gasteiger partial charge in [0.15, 0.2) is 0 Å². The normalized spacial score (nSPS) is 14.6. The van der Waals surface area contributed by atoms with Crippen molar-refractivity contribution in [2.45, 2.75) is 245 Å². The summed E-state index contributed by atoms with van der Waals surface area (Å²) in [6.07, 6.45) is 32.9. The smallest absolute Gasteiger partial charge is 0.0446 e. The molecule has 2 aromatic carbocycles. The minimum Gasteiger partial charge on any atom is -0.155 e. The third-order valence-corrected chi connectivity index (χ3v) is 14.6. The van der Waals surface area contributed by atoms with Crippen LogP contribution in [0.4, 0.5) is 0 Å². The summed E-state index contributed by atoms with van der Waals surface area (Å²) in [7, 11) is 0. The molecule has 4 unspecified atom stereocenters. The Morgan fingerprint density at radius 3 is 1.33 bits per heavy atom. The van der Waals surface area contributed by atoms with Gasteiger partial charge in [-0.2, -0.15) is 11.8 Å². The minimum absolute atomic E-state index is 0.103. The molecule has 0 aromatic heterocycles. The molecule has 0 radical (unpaired) electrons. The van der Waals surface area contributed by atoms with Gasteiger partial charge in [-0.15, -0.1) is 0 Å². The van der Waals surface area contributed by atoms with Gasteiger partial charge in [-0.05, 0) is 102 Å². The van der Waals surface area contributed by atoms with Crippen LogP contribution in [0.25, 0.3) is 0 Å². The number of rotatable bonds is 30. The van der Waals surface area contributed by atoms with Crippen molar-refractivity contribution < 1.29 is 0 Å². The van der Waals surface area contributed by atoms with Gasteiger partial charge >= 0.3 is 0 Å². The molecule has 0 saturated heterocycles. The average Bonchev–Trinajstić information content (AvgIpc) is 3.12. The summed E-state index contributed by atoms with van der Waals surface area (Å²) in [5.74, 6) is 1.67. The van der Waals surface area contributed by atoms with Crippen molar-refractivity contribution in [3.63, 3.8) is 0 Å². The van der Waals surface area contributed by atoms with Crippen molar-refractivity contribution in [2.24, 2.45) is 11.8 Å². The molecule has 310 valence electrons. The molecular weight excluding hydrogens is 692 g/mol. The Balaban J connectivity index is 1.88. The van der Waals surface area contributed by atoms with Gasteiger partial charge in [0, 0.05) is 15.5 Å². The summed E-state index contributed by atoms with van der Waals surface area (Å²) in [4.78, 5) is 0. The molecule has 0 aliphatic carbocycles. The Morgan fingerprint density at radius 1 is 0.481 bits per heavy atom. The number of aryl methyl sites for hydroxylation is 2. The van der Waals surface area contributed by atoms with Gasteiger partial charge in [-0.1, -0.05) is 220 Å². The molecule has 2 aromatic rings. The van der Waals surface area contributed by atoms with E-state index in [-0.39, 0.29) is 10.8 Å². The van der Waals surface area contributed by atoms with Crippen LogP contribution in [0.15, 0.2) is 42.5 Å². The van der Waals surface area contributed by atoms with E-state index in [0.717, 1.165) is 33.8 Å². The monoisotopic (exact) mass is 781 g/mol. The van der Waals surface area contributed by atoms with Crippen LogP contribution in [-0.4, -0.2) is 10.5 Å². The van der Waals surface area contributed by atoms with Gasteiger partial charge < -0.3 is 0 Å². The lowest BCUT2D eigenvalue weighted by Gasteiger charge is -2.32.